The zero-order valence-electron chi connectivity index (χ0n) is 17.2. The molecule has 0 saturated carbocycles. The lowest BCUT2D eigenvalue weighted by molar-refractivity contribution is 0.0525. The van der Waals surface area contributed by atoms with E-state index in [0.717, 1.165) is 5.56 Å². The highest BCUT2D eigenvalue weighted by atomic mass is 16.5. The fourth-order valence-electron chi connectivity index (χ4n) is 2.83. The fourth-order valence-corrected chi connectivity index (χ4v) is 2.83. The zero-order valence-corrected chi connectivity index (χ0v) is 17.2. The molecule has 1 N–H and O–H groups in total. The number of esters is 2. The Kier molecular flexibility index (Phi) is 7.10. The number of carbonyl (C=O) groups excluding carboxylic acids is 3. The number of anilines is 1. The summed E-state index contributed by atoms with van der Waals surface area (Å²) in [6.45, 7) is 4.27. The van der Waals surface area contributed by atoms with Gasteiger partial charge in [0, 0.05) is 11.3 Å². The summed E-state index contributed by atoms with van der Waals surface area (Å²) in [4.78, 5) is 40.9. The van der Waals surface area contributed by atoms with Crippen LogP contribution in [0.1, 0.15) is 50.5 Å². The first-order valence-electron chi connectivity index (χ1n) is 9.72. The van der Waals surface area contributed by atoms with Crippen molar-refractivity contribution < 1.29 is 23.9 Å². The van der Waals surface area contributed by atoms with Crippen molar-refractivity contribution in [3.8, 4) is 0 Å². The number of amides is 1. The first-order chi connectivity index (χ1) is 15.0. The van der Waals surface area contributed by atoms with Crippen LogP contribution in [0.5, 0.6) is 0 Å². The van der Waals surface area contributed by atoms with Crippen LogP contribution in [-0.4, -0.2) is 45.8 Å². The summed E-state index contributed by atoms with van der Waals surface area (Å²) in [7, 11) is 0. The van der Waals surface area contributed by atoms with Gasteiger partial charge in [0.1, 0.15) is 12.7 Å². The maximum atomic E-state index is 12.7. The van der Waals surface area contributed by atoms with Gasteiger partial charge in [-0.2, -0.15) is 5.10 Å². The maximum absolute atomic E-state index is 12.7. The third-order valence-electron chi connectivity index (χ3n) is 4.24. The van der Waals surface area contributed by atoms with Crippen LogP contribution >= 0.6 is 0 Å². The number of rotatable bonds is 8. The van der Waals surface area contributed by atoms with E-state index in [9.17, 15) is 14.4 Å². The Morgan fingerprint density at radius 1 is 0.903 bits per heavy atom. The monoisotopic (exact) mass is 422 g/mol. The predicted octanol–water partition coefficient (Wildman–Crippen LogP) is 2.93. The minimum absolute atomic E-state index is 0.144. The number of benzene rings is 2. The molecule has 0 aliphatic carbocycles. The third kappa shape index (κ3) is 5.75. The van der Waals surface area contributed by atoms with Crippen molar-refractivity contribution in [2.75, 3.05) is 18.5 Å². The number of carbonyl (C=O) groups is 3. The molecule has 1 heterocycles. The van der Waals surface area contributed by atoms with E-state index >= 15 is 0 Å². The predicted molar refractivity (Wildman–Crippen MR) is 112 cm³/mol. The topological polar surface area (TPSA) is 112 Å². The molecule has 1 aromatic heterocycles. The van der Waals surface area contributed by atoms with Crippen LogP contribution in [0.3, 0.4) is 0 Å². The molecule has 3 aromatic rings. The summed E-state index contributed by atoms with van der Waals surface area (Å²) in [5.41, 5.74) is 1.94. The van der Waals surface area contributed by atoms with E-state index in [-0.39, 0.29) is 35.9 Å². The van der Waals surface area contributed by atoms with Gasteiger partial charge in [-0.25, -0.2) is 19.3 Å². The van der Waals surface area contributed by atoms with Crippen LogP contribution in [-0.2, 0) is 16.0 Å². The van der Waals surface area contributed by atoms with Gasteiger partial charge in [-0.05, 0) is 49.7 Å². The number of nitrogens with one attached hydrogen (secondary N) is 1. The van der Waals surface area contributed by atoms with E-state index in [1.165, 1.54) is 24.5 Å². The van der Waals surface area contributed by atoms with Gasteiger partial charge < -0.3 is 14.8 Å². The molecule has 0 spiro atoms. The van der Waals surface area contributed by atoms with Crippen molar-refractivity contribution in [1.82, 2.24) is 14.8 Å². The standard InChI is InChI=1S/C22H22N4O5/c1-3-30-21(28)17-9-18(22(29)31-4-2)11-19(10-17)25-20(27)16-7-5-15(6-8-16)12-26-14-23-13-24-26/h5-11,13-14H,3-4,12H2,1-2H3,(H,25,27). The molecule has 0 bridgehead atoms. The maximum Gasteiger partial charge on any atom is 0.338 e. The van der Waals surface area contributed by atoms with E-state index in [1.54, 1.807) is 37.0 Å². The number of aromatic nitrogens is 3. The minimum atomic E-state index is -0.596. The SMILES string of the molecule is CCOC(=O)c1cc(NC(=O)c2ccc(Cn3cncn3)cc2)cc(C(=O)OCC)c1. The van der Waals surface area contributed by atoms with Crippen molar-refractivity contribution in [1.29, 1.82) is 0 Å². The minimum Gasteiger partial charge on any atom is -0.462 e. The van der Waals surface area contributed by atoms with Crippen molar-refractivity contribution in [2.45, 2.75) is 20.4 Å². The number of hydrogen-bond donors (Lipinski definition) is 1. The Morgan fingerprint density at radius 2 is 1.52 bits per heavy atom. The van der Waals surface area contributed by atoms with Crippen LogP contribution < -0.4 is 5.32 Å². The first-order valence-corrected chi connectivity index (χ1v) is 9.72. The van der Waals surface area contributed by atoms with Crippen LogP contribution in [0.2, 0.25) is 0 Å². The highest BCUT2D eigenvalue weighted by Gasteiger charge is 2.16. The number of hydrogen-bond acceptors (Lipinski definition) is 7. The van der Waals surface area contributed by atoms with Crippen molar-refractivity contribution in [3.63, 3.8) is 0 Å². The fraction of sp³-hybridized carbons (Fsp3) is 0.227. The Hall–Kier alpha value is -4.01. The summed E-state index contributed by atoms with van der Waals surface area (Å²) in [6.07, 6.45) is 3.06. The zero-order chi connectivity index (χ0) is 22.2. The normalized spacial score (nSPS) is 10.4. The van der Waals surface area contributed by atoms with E-state index in [4.69, 9.17) is 9.47 Å². The van der Waals surface area contributed by atoms with E-state index in [1.807, 2.05) is 12.1 Å². The van der Waals surface area contributed by atoms with Crippen molar-refractivity contribution in [2.24, 2.45) is 0 Å². The van der Waals surface area contributed by atoms with Crippen LogP contribution in [0.15, 0.2) is 55.1 Å². The second-order valence-electron chi connectivity index (χ2n) is 6.48. The molecule has 2 aromatic carbocycles. The summed E-state index contributed by atoms with van der Waals surface area (Å²) in [5.74, 6) is -1.58. The van der Waals surface area contributed by atoms with Crippen molar-refractivity contribution >= 4 is 23.5 Å². The molecule has 9 heteroatoms. The largest absolute Gasteiger partial charge is 0.462 e. The molecule has 0 radical (unpaired) electrons. The summed E-state index contributed by atoms with van der Waals surface area (Å²) >= 11 is 0. The van der Waals surface area contributed by atoms with Crippen molar-refractivity contribution in [3.05, 3.63) is 77.4 Å². The number of nitrogens with zero attached hydrogens (tertiary/aromatic N) is 3. The second-order valence-corrected chi connectivity index (χ2v) is 6.48. The highest BCUT2D eigenvalue weighted by molar-refractivity contribution is 6.06. The van der Waals surface area contributed by atoms with Gasteiger partial charge in [0.15, 0.2) is 0 Å². The van der Waals surface area contributed by atoms with Gasteiger partial charge in [-0.15, -0.1) is 0 Å². The van der Waals surface area contributed by atoms with Crippen LogP contribution in [0, 0.1) is 0 Å². The van der Waals surface area contributed by atoms with E-state index in [0.29, 0.717) is 12.1 Å². The molecule has 3 rings (SSSR count). The Balaban J connectivity index is 1.78. The lowest BCUT2D eigenvalue weighted by atomic mass is 10.1. The first kappa shape index (κ1) is 21.7. The summed E-state index contributed by atoms with van der Waals surface area (Å²) in [5, 5.41) is 6.76. The average molecular weight is 422 g/mol. The van der Waals surface area contributed by atoms with Gasteiger partial charge in [0.2, 0.25) is 0 Å². The van der Waals surface area contributed by atoms with Gasteiger partial charge in [-0.3, -0.25) is 4.79 Å². The molecule has 31 heavy (non-hydrogen) atoms. The summed E-state index contributed by atoms with van der Waals surface area (Å²) in [6, 6.07) is 11.3. The molecule has 160 valence electrons. The van der Waals surface area contributed by atoms with Crippen LogP contribution in [0.25, 0.3) is 0 Å². The molecule has 1 amide bonds. The van der Waals surface area contributed by atoms with E-state index in [2.05, 4.69) is 15.4 Å². The van der Waals surface area contributed by atoms with Gasteiger partial charge in [0.25, 0.3) is 5.91 Å². The molecule has 0 aliphatic rings. The quantitative estimate of drug-likeness (QED) is 0.555. The van der Waals surface area contributed by atoms with Gasteiger partial charge in [-0.1, -0.05) is 12.1 Å². The number of ether oxygens (including phenoxy) is 2. The molecular weight excluding hydrogens is 400 g/mol. The Morgan fingerprint density at radius 3 is 2.03 bits per heavy atom. The van der Waals surface area contributed by atoms with Gasteiger partial charge in [0.05, 0.1) is 30.9 Å². The average Bonchev–Trinajstić information content (AvgIpc) is 3.27. The van der Waals surface area contributed by atoms with Crippen LogP contribution in [0.4, 0.5) is 5.69 Å². The molecular formula is C22H22N4O5. The lowest BCUT2D eigenvalue weighted by Gasteiger charge is -2.11. The molecule has 0 unspecified atom stereocenters. The molecule has 0 aliphatic heterocycles. The highest BCUT2D eigenvalue weighted by Crippen LogP contribution is 2.19. The molecule has 9 nitrogen and oxygen atoms in total. The molecule has 0 atom stereocenters. The molecule has 0 saturated heterocycles. The Bertz CT molecular complexity index is 1030. The third-order valence-corrected chi connectivity index (χ3v) is 4.24. The lowest BCUT2D eigenvalue weighted by Crippen LogP contribution is -2.15. The summed E-state index contributed by atoms with van der Waals surface area (Å²) < 4.78 is 11.7. The Labute approximate surface area is 179 Å². The second kappa shape index (κ2) is 10.1. The molecule has 0 fully saturated rings. The smallest absolute Gasteiger partial charge is 0.338 e. The van der Waals surface area contributed by atoms with Gasteiger partial charge >= 0.3 is 11.9 Å². The van der Waals surface area contributed by atoms with E-state index < -0.39 is 11.9 Å².